The molecule has 1 aromatic carbocycles. The molecule has 2 nitrogen and oxygen atoms in total. The third kappa shape index (κ3) is 3.13. The monoisotopic (exact) mass is 192 g/mol. The normalized spacial score (nSPS) is 11.7. The first-order valence-corrected chi connectivity index (χ1v) is 5.04. The third-order valence-electron chi connectivity index (χ3n) is 2.29. The Bertz CT molecular complexity index is 269. The van der Waals surface area contributed by atoms with Crippen molar-refractivity contribution in [3.05, 3.63) is 35.4 Å². The number of hydrogen-bond donors (Lipinski definition) is 2. The number of hydrogen-bond acceptors (Lipinski definition) is 2. The van der Waals surface area contributed by atoms with Gasteiger partial charge in [-0.3, -0.25) is 0 Å². The average Bonchev–Trinajstić information content (AvgIpc) is 2.14. The molecule has 0 aliphatic carbocycles. The van der Waals surface area contributed by atoms with Crippen LogP contribution in [0.15, 0.2) is 24.3 Å². The summed E-state index contributed by atoms with van der Waals surface area (Å²) in [6.45, 7) is 8.04. The van der Waals surface area contributed by atoms with Crippen LogP contribution in [-0.4, -0.2) is 6.67 Å². The minimum atomic E-state index is 0.236. The van der Waals surface area contributed by atoms with E-state index in [0.717, 1.165) is 6.54 Å². The number of nitrogens with two attached hydrogens (primary N) is 1. The van der Waals surface area contributed by atoms with E-state index < -0.39 is 0 Å². The van der Waals surface area contributed by atoms with Gasteiger partial charge in [0.25, 0.3) is 0 Å². The Morgan fingerprint density at radius 2 is 1.71 bits per heavy atom. The molecule has 1 rings (SSSR count). The van der Waals surface area contributed by atoms with Gasteiger partial charge in [0.2, 0.25) is 0 Å². The fourth-order valence-electron chi connectivity index (χ4n) is 1.34. The largest absolute Gasteiger partial charge is 0.318 e. The van der Waals surface area contributed by atoms with Crippen LogP contribution in [0, 0.1) is 0 Å². The maximum atomic E-state index is 5.36. The average molecular weight is 192 g/mol. The lowest BCUT2D eigenvalue weighted by molar-refractivity contribution is 0.589. The van der Waals surface area contributed by atoms with Crippen LogP contribution in [-0.2, 0) is 12.0 Å². The molecule has 0 aromatic heterocycles. The topological polar surface area (TPSA) is 38.0 Å². The minimum absolute atomic E-state index is 0.236. The van der Waals surface area contributed by atoms with Crippen LogP contribution < -0.4 is 11.1 Å². The first kappa shape index (κ1) is 11.2. The molecule has 0 fully saturated rings. The summed E-state index contributed by atoms with van der Waals surface area (Å²) in [6, 6.07) is 8.69. The van der Waals surface area contributed by atoms with E-state index in [-0.39, 0.29) is 5.41 Å². The maximum Gasteiger partial charge on any atom is 0.0431 e. The molecule has 1 aromatic rings. The number of nitrogens with one attached hydrogen (secondary N) is 1. The van der Waals surface area contributed by atoms with E-state index in [9.17, 15) is 0 Å². The molecule has 0 bridgehead atoms. The zero-order valence-corrected chi connectivity index (χ0v) is 9.30. The predicted octanol–water partition coefficient (Wildman–Crippen LogP) is 1.99. The standard InChI is InChI=1S/C12H20N2/c1-12(2,3)11-6-4-10(5-7-11)8-14-9-13/h4-7,14H,8-9,13H2,1-3H3. The fourth-order valence-corrected chi connectivity index (χ4v) is 1.34. The molecule has 3 N–H and O–H groups in total. The van der Waals surface area contributed by atoms with Crippen molar-refractivity contribution < 1.29 is 0 Å². The Morgan fingerprint density at radius 1 is 1.14 bits per heavy atom. The second-order valence-corrected chi connectivity index (χ2v) is 4.58. The molecule has 14 heavy (non-hydrogen) atoms. The molecule has 0 amide bonds. The first-order valence-electron chi connectivity index (χ1n) is 5.04. The van der Waals surface area contributed by atoms with Crippen molar-refractivity contribution in [1.29, 1.82) is 0 Å². The van der Waals surface area contributed by atoms with Gasteiger partial charge >= 0.3 is 0 Å². The summed E-state index contributed by atoms with van der Waals surface area (Å²) in [5.74, 6) is 0. The summed E-state index contributed by atoms with van der Waals surface area (Å²) in [4.78, 5) is 0. The molecular formula is C12H20N2. The van der Waals surface area contributed by atoms with E-state index in [4.69, 9.17) is 5.73 Å². The van der Waals surface area contributed by atoms with Crippen molar-refractivity contribution >= 4 is 0 Å². The summed E-state index contributed by atoms with van der Waals surface area (Å²) in [5.41, 5.74) is 8.25. The second-order valence-electron chi connectivity index (χ2n) is 4.58. The second kappa shape index (κ2) is 4.58. The summed E-state index contributed by atoms with van der Waals surface area (Å²) >= 11 is 0. The molecule has 0 aliphatic rings. The fraction of sp³-hybridized carbons (Fsp3) is 0.500. The summed E-state index contributed by atoms with van der Waals surface area (Å²) in [5, 5.41) is 3.10. The van der Waals surface area contributed by atoms with Gasteiger partial charge in [-0.1, -0.05) is 45.0 Å². The van der Waals surface area contributed by atoms with Crippen molar-refractivity contribution in [1.82, 2.24) is 5.32 Å². The quantitative estimate of drug-likeness (QED) is 0.719. The number of rotatable bonds is 3. The van der Waals surface area contributed by atoms with Crippen molar-refractivity contribution in [3.8, 4) is 0 Å². The van der Waals surface area contributed by atoms with E-state index in [1.165, 1.54) is 11.1 Å². The molecule has 78 valence electrons. The van der Waals surface area contributed by atoms with Crippen LogP contribution in [0.2, 0.25) is 0 Å². The Kier molecular flexibility index (Phi) is 3.67. The molecular weight excluding hydrogens is 172 g/mol. The van der Waals surface area contributed by atoms with Crippen molar-refractivity contribution in [2.24, 2.45) is 5.73 Å². The Balaban J connectivity index is 2.69. The molecule has 0 saturated carbocycles. The molecule has 0 radical (unpaired) electrons. The predicted molar refractivity (Wildman–Crippen MR) is 61.0 cm³/mol. The highest BCUT2D eigenvalue weighted by atomic mass is 14.9. The SMILES string of the molecule is CC(C)(C)c1ccc(CNCN)cc1. The van der Waals surface area contributed by atoms with Crippen LogP contribution in [0.25, 0.3) is 0 Å². The third-order valence-corrected chi connectivity index (χ3v) is 2.29. The molecule has 0 spiro atoms. The molecule has 0 unspecified atom stereocenters. The van der Waals surface area contributed by atoms with E-state index >= 15 is 0 Å². The van der Waals surface area contributed by atoms with Gasteiger partial charge in [0.05, 0.1) is 0 Å². The Hall–Kier alpha value is -0.860. The van der Waals surface area contributed by atoms with Crippen molar-refractivity contribution in [2.75, 3.05) is 6.67 Å². The van der Waals surface area contributed by atoms with Gasteiger partial charge < -0.3 is 11.1 Å². The summed E-state index contributed by atoms with van der Waals surface area (Å²) in [7, 11) is 0. The molecule has 2 heteroatoms. The molecule has 0 heterocycles. The molecule has 0 atom stereocenters. The molecule has 0 aliphatic heterocycles. The van der Waals surface area contributed by atoms with E-state index in [1.54, 1.807) is 0 Å². The van der Waals surface area contributed by atoms with E-state index in [2.05, 4.69) is 50.4 Å². The minimum Gasteiger partial charge on any atom is -0.318 e. The lowest BCUT2D eigenvalue weighted by Crippen LogP contribution is -2.21. The van der Waals surface area contributed by atoms with Crippen LogP contribution in [0.3, 0.4) is 0 Å². The van der Waals surface area contributed by atoms with Crippen LogP contribution in [0.4, 0.5) is 0 Å². The van der Waals surface area contributed by atoms with Gasteiger partial charge in [0, 0.05) is 13.2 Å². The molecule has 0 saturated heterocycles. The van der Waals surface area contributed by atoms with Gasteiger partial charge in [-0.05, 0) is 16.5 Å². The highest BCUT2D eigenvalue weighted by Gasteiger charge is 2.12. The lowest BCUT2D eigenvalue weighted by atomic mass is 9.87. The Labute approximate surface area is 86.5 Å². The van der Waals surface area contributed by atoms with Crippen LogP contribution in [0.5, 0.6) is 0 Å². The zero-order chi connectivity index (χ0) is 10.6. The van der Waals surface area contributed by atoms with Crippen molar-refractivity contribution in [2.45, 2.75) is 32.7 Å². The Morgan fingerprint density at radius 3 is 2.14 bits per heavy atom. The first-order chi connectivity index (χ1) is 6.54. The van der Waals surface area contributed by atoms with Gasteiger partial charge in [-0.25, -0.2) is 0 Å². The van der Waals surface area contributed by atoms with Gasteiger partial charge in [-0.15, -0.1) is 0 Å². The van der Waals surface area contributed by atoms with E-state index in [0.29, 0.717) is 6.67 Å². The van der Waals surface area contributed by atoms with Crippen LogP contribution in [0.1, 0.15) is 31.9 Å². The lowest BCUT2D eigenvalue weighted by Gasteiger charge is -2.19. The van der Waals surface area contributed by atoms with Gasteiger partial charge in [-0.2, -0.15) is 0 Å². The van der Waals surface area contributed by atoms with Gasteiger partial charge in [0.15, 0.2) is 0 Å². The highest BCUT2D eigenvalue weighted by molar-refractivity contribution is 5.27. The van der Waals surface area contributed by atoms with E-state index in [1.807, 2.05) is 0 Å². The van der Waals surface area contributed by atoms with Crippen LogP contribution >= 0.6 is 0 Å². The van der Waals surface area contributed by atoms with Gasteiger partial charge in [0.1, 0.15) is 0 Å². The zero-order valence-electron chi connectivity index (χ0n) is 9.30. The summed E-state index contributed by atoms with van der Waals surface area (Å²) < 4.78 is 0. The smallest absolute Gasteiger partial charge is 0.0431 e. The van der Waals surface area contributed by atoms with Crippen molar-refractivity contribution in [3.63, 3.8) is 0 Å². The maximum absolute atomic E-state index is 5.36. The summed E-state index contributed by atoms with van der Waals surface area (Å²) in [6.07, 6.45) is 0. The number of benzene rings is 1. The highest BCUT2D eigenvalue weighted by Crippen LogP contribution is 2.21.